The molecule has 0 aliphatic carbocycles. The van der Waals surface area contributed by atoms with Crippen molar-refractivity contribution in [3.63, 3.8) is 0 Å². The Kier molecular flexibility index (Phi) is 8.37. The fourth-order valence-electron chi connectivity index (χ4n) is 1.47. The monoisotopic (exact) mass is 351 g/mol. The number of alkyl halides is 1. The number of hydrogen-bond acceptors (Lipinski definition) is 6. The Balaban J connectivity index is 4.82. The van der Waals surface area contributed by atoms with Crippen molar-refractivity contribution >= 4 is 29.6 Å². The summed E-state index contributed by atoms with van der Waals surface area (Å²) in [7, 11) is 0. The van der Waals surface area contributed by atoms with Crippen LogP contribution in [0.25, 0.3) is 0 Å². The van der Waals surface area contributed by atoms with Gasteiger partial charge in [-0.25, -0.2) is 9.59 Å². The molecule has 0 unspecified atom stereocenters. The van der Waals surface area contributed by atoms with E-state index < -0.39 is 35.3 Å². The fourth-order valence-corrected chi connectivity index (χ4v) is 1.59. The van der Waals surface area contributed by atoms with Crippen LogP contribution in [-0.4, -0.2) is 41.3 Å². The average Bonchev–Trinajstić information content (AvgIpc) is 2.30. The maximum Gasteiger partial charge on any atom is 0.408 e. The van der Waals surface area contributed by atoms with Crippen LogP contribution in [0.2, 0.25) is 0 Å². The first-order valence-electron chi connectivity index (χ1n) is 7.28. The summed E-state index contributed by atoms with van der Waals surface area (Å²) in [5.41, 5.74) is -1.43. The number of alkyl carbamates (subject to hydrolysis) is 1. The van der Waals surface area contributed by atoms with Crippen LogP contribution >= 0.6 is 11.6 Å². The van der Waals surface area contributed by atoms with Crippen LogP contribution in [0.3, 0.4) is 0 Å². The van der Waals surface area contributed by atoms with Crippen LogP contribution in [0.1, 0.15) is 54.4 Å². The van der Waals surface area contributed by atoms with E-state index in [-0.39, 0.29) is 18.9 Å². The predicted molar refractivity (Wildman–Crippen MR) is 85.0 cm³/mol. The van der Waals surface area contributed by atoms with Crippen molar-refractivity contribution in [3.8, 4) is 0 Å². The Morgan fingerprint density at radius 1 is 1.00 bits per heavy atom. The molecule has 0 heterocycles. The van der Waals surface area contributed by atoms with Gasteiger partial charge in [0.05, 0.1) is 0 Å². The molecule has 0 saturated carbocycles. The molecule has 1 N–H and O–H groups in total. The van der Waals surface area contributed by atoms with Crippen LogP contribution in [0.4, 0.5) is 4.79 Å². The Morgan fingerprint density at radius 2 is 1.52 bits per heavy atom. The van der Waals surface area contributed by atoms with E-state index in [1.165, 1.54) is 0 Å². The molecule has 23 heavy (non-hydrogen) atoms. The van der Waals surface area contributed by atoms with E-state index in [0.29, 0.717) is 0 Å². The molecular weight excluding hydrogens is 326 g/mol. The van der Waals surface area contributed by atoms with Gasteiger partial charge in [-0.05, 0) is 48.0 Å². The number of nitrogens with one attached hydrogen (secondary N) is 1. The van der Waals surface area contributed by atoms with Crippen LogP contribution in [0.5, 0.6) is 0 Å². The number of rotatable bonds is 6. The third-order valence-corrected chi connectivity index (χ3v) is 2.34. The van der Waals surface area contributed by atoms with E-state index in [2.05, 4.69) is 10.1 Å². The minimum absolute atomic E-state index is 0.0177. The Morgan fingerprint density at radius 3 is 1.96 bits per heavy atom. The van der Waals surface area contributed by atoms with Gasteiger partial charge in [0.15, 0.2) is 6.07 Å². The molecule has 0 aromatic rings. The highest BCUT2D eigenvalue weighted by Gasteiger charge is 2.29. The normalized spacial score (nSPS) is 13.0. The molecule has 1 atom stereocenters. The van der Waals surface area contributed by atoms with Crippen molar-refractivity contribution in [2.24, 2.45) is 0 Å². The number of hydrogen-bond donors (Lipinski definition) is 1. The van der Waals surface area contributed by atoms with Crippen LogP contribution in [0.15, 0.2) is 0 Å². The summed E-state index contributed by atoms with van der Waals surface area (Å²) in [6.07, 6.45) is -0.838. The Bertz CT molecular complexity index is 425. The van der Waals surface area contributed by atoms with Gasteiger partial charge >= 0.3 is 18.0 Å². The molecule has 0 bridgehead atoms. The van der Waals surface area contributed by atoms with Gasteiger partial charge in [-0.3, -0.25) is 4.79 Å². The summed E-state index contributed by atoms with van der Waals surface area (Å²) in [5, 5.41) is 2.42. The van der Waals surface area contributed by atoms with Crippen molar-refractivity contribution in [1.29, 1.82) is 0 Å². The highest BCUT2D eigenvalue weighted by Crippen LogP contribution is 2.13. The lowest BCUT2D eigenvalue weighted by atomic mass is 10.1. The van der Waals surface area contributed by atoms with Crippen LogP contribution in [-0.2, 0) is 23.8 Å². The largest absolute Gasteiger partial charge is 0.458 e. The van der Waals surface area contributed by atoms with Gasteiger partial charge in [-0.1, -0.05) is 11.6 Å². The third-order valence-electron chi connectivity index (χ3n) is 2.23. The second-order valence-electron chi connectivity index (χ2n) is 6.90. The quantitative estimate of drug-likeness (QED) is 0.449. The lowest BCUT2D eigenvalue weighted by Crippen LogP contribution is -2.46. The van der Waals surface area contributed by atoms with E-state index >= 15 is 0 Å². The zero-order valence-corrected chi connectivity index (χ0v) is 15.3. The molecule has 7 nitrogen and oxygen atoms in total. The van der Waals surface area contributed by atoms with E-state index in [1.54, 1.807) is 41.5 Å². The van der Waals surface area contributed by atoms with Gasteiger partial charge in [-0.2, -0.15) is 0 Å². The maximum atomic E-state index is 12.2. The van der Waals surface area contributed by atoms with Gasteiger partial charge in [-0.15, -0.1) is 0 Å². The van der Waals surface area contributed by atoms with Gasteiger partial charge < -0.3 is 19.5 Å². The van der Waals surface area contributed by atoms with Gasteiger partial charge in [0.25, 0.3) is 0 Å². The molecule has 0 aliphatic rings. The highest BCUT2D eigenvalue weighted by atomic mass is 35.5. The topological polar surface area (TPSA) is 90.9 Å². The van der Waals surface area contributed by atoms with E-state index in [4.69, 9.17) is 21.1 Å². The van der Waals surface area contributed by atoms with Crippen molar-refractivity contribution in [3.05, 3.63) is 0 Å². The standard InChI is InChI=1S/C15H26ClNO6/c1-14(2,3)22-12(19)10(7-8-11(18)21-9-16)17-13(20)23-15(4,5)6/h10H,7-9H2,1-6H3,(H,17,20)/t10-/m0/s1. The first-order chi connectivity index (χ1) is 10.3. The van der Waals surface area contributed by atoms with Gasteiger partial charge in [0, 0.05) is 6.42 Å². The second-order valence-corrected chi connectivity index (χ2v) is 7.11. The first-order valence-corrected chi connectivity index (χ1v) is 7.81. The molecular formula is C15H26ClNO6. The molecule has 8 heteroatoms. The number of esters is 2. The second kappa shape index (κ2) is 8.96. The molecule has 1 amide bonds. The van der Waals surface area contributed by atoms with Gasteiger partial charge in [0.1, 0.15) is 17.2 Å². The number of ether oxygens (including phenoxy) is 3. The van der Waals surface area contributed by atoms with E-state index in [0.717, 1.165) is 0 Å². The van der Waals surface area contributed by atoms with Crippen LogP contribution < -0.4 is 5.32 Å². The number of halogens is 1. The lowest BCUT2D eigenvalue weighted by molar-refractivity contribution is -0.157. The summed E-state index contributed by atoms with van der Waals surface area (Å²) < 4.78 is 14.9. The Labute approximate surface area is 142 Å². The van der Waals surface area contributed by atoms with E-state index in [1.807, 2.05) is 0 Å². The zero-order valence-electron chi connectivity index (χ0n) is 14.5. The summed E-state index contributed by atoms with van der Waals surface area (Å²) in [4.78, 5) is 35.4. The maximum absolute atomic E-state index is 12.2. The average molecular weight is 352 g/mol. The molecule has 0 aromatic heterocycles. The van der Waals surface area contributed by atoms with Crippen molar-refractivity contribution < 1.29 is 28.6 Å². The predicted octanol–water partition coefficient (Wildman–Crippen LogP) is 2.74. The first kappa shape index (κ1) is 21.5. The SMILES string of the molecule is CC(C)(C)OC(=O)N[C@@H](CCC(=O)OCCl)C(=O)OC(C)(C)C. The molecule has 0 radical (unpaired) electrons. The molecule has 0 fully saturated rings. The molecule has 134 valence electrons. The van der Waals surface area contributed by atoms with Crippen molar-refractivity contribution in [1.82, 2.24) is 5.32 Å². The molecule has 0 aromatic carbocycles. The third kappa shape index (κ3) is 11.7. The number of amides is 1. The highest BCUT2D eigenvalue weighted by molar-refractivity contribution is 6.17. The summed E-state index contributed by atoms with van der Waals surface area (Å²) in [6.45, 7) is 10.2. The van der Waals surface area contributed by atoms with Gasteiger partial charge in [0.2, 0.25) is 0 Å². The minimum atomic E-state index is -1.02. The lowest BCUT2D eigenvalue weighted by Gasteiger charge is -2.26. The number of carbonyl (C=O) groups is 3. The Hall–Kier alpha value is -1.50. The smallest absolute Gasteiger partial charge is 0.408 e. The van der Waals surface area contributed by atoms with Crippen molar-refractivity contribution in [2.75, 3.05) is 6.07 Å². The molecule has 0 spiro atoms. The molecule has 0 aliphatic heterocycles. The minimum Gasteiger partial charge on any atom is -0.458 e. The molecule has 0 saturated heterocycles. The van der Waals surface area contributed by atoms with Crippen molar-refractivity contribution in [2.45, 2.75) is 71.6 Å². The zero-order chi connectivity index (χ0) is 18.3. The van der Waals surface area contributed by atoms with Crippen LogP contribution in [0, 0.1) is 0 Å². The summed E-state index contributed by atoms with van der Waals surface area (Å²) in [5.74, 6) is -1.22. The fraction of sp³-hybridized carbons (Fsp3) is 0.800. The van der Waals surface area contributed by atoms with E-state index in [9.17, 15) is 14.4 Å². The number of carbonyl (C=O) groups excluding carboxylic acids is 3. The molecule has 0 rings (SSSR count). The summed E-state index contributed by atoms with van der Waals surface area (Å²) in [6, 6.07) is -1.29. The summed E-state index contributed by atoms with van der Waals surface area (Å²) >= 11 is 5.29.